The Morgan fingerprint density at radius 3 is 0.833 bits per heavy atom. The summed E-state index contributed by atoms with van der Waals surface area (Å²) in [5.41, 5.74) is 0. The minimum Gasteiger partial charge on any atom is -1.00 e. The van der Waals surface area contributed by atoms with E-state index < -0.39 is 0 Å². The van der Waals surface area contributed by atoms with E-state index in [1.165, 1.54) is 0 Å². The van der Waals surface area contributed by atoms with E-state index in [0.717, 1.165) is 4.48 Å². The molecule has 0 bridgehead atoms. The number of rotatable bonds is 0. The Morgan fingerprint density at radius 1 is 0.833 bits per heavy atom. The van der Waals surface area contributed by atoms with Crippen LogP contribution in [0.2, 0.25) is 0 Å². The minimum atomic E-state index is 0. The Hall–Kier alpha value is 0.250. The topological polar surface area (TPSA) is 0 Å². The Kier molecular flexibility index (Phi) is 3.86. The maximum atomic E-state index is 2.12. The van der Waals surface area contributed by atoms with Crippen LogP contribution in [0.3, 0.4) is 0 Å². The maximum absolute atomic E-state index is 2.12. The van der Waals surface area contributed by atoms with Crippen LogP contribution in [0.5, 0.6) is 0 Å². The molecule has 2 heteroatoms. The molecule has 0 saturated heterocycles. The van der Waals surface area contributed by atoms with Crippen molar-refractivity contribution in [1.29, 1.82) is 0 Å². The number of quaternary nitrogens is 1. The van der Waals surface area contributed by atoms with Gasteiger partial charge in [0.15, 0.2) is 0 Å². The summed E-state index contributed by atoms with van der Waals surface area (Å²) in [4.78, 5) is 0. The van der Waals surface area contributed by atoms with E-state index in [9.17, 15) is 0 Å². The fraction of sp³-hybridized carbons (Fsp3) is 1.00. The average molecular weight is 111 g/mol. The highest BCUT2D eigenvalue weighted by atomic mass is 35.5. The van der Waals surface area contributed by atoms with Crippen LogP contribution in [-0.2, 0) is 0 Å². The molecule has 0 aliphatic carbocycles. The van der Waals surface area contributed by atoms with Crippen molar-refractivity contribution in [1.82, 2.24) is 0 Å². The van der Waals surface area contributed by atoms with Crippen LogP contribution < -0.4 is 12.4 Å². The molecule has 0 fully saturated rings. The van der Waals surface area contributed by atoms with Gasteiger partial charge < -0.3 is 16.9 Å². The summed E-state index contributed by atoms with van der Waals surface area (Å²) in [5, 5.41) is 0. The van der Waals surface area contributed by atoms with Crippen LogP contribution in [-0.4, -0.2) is 32.7 Å². The zero-order valence-electron chi connectivity index (χ0n) is 4.83. The van der Waals surface area contributed by atoms with Crippen molar-refractivity contribution in [2.45, 2.75) is 0 Å². The van der Waals surface area contributed by atoms with Gasteiger partial charge >= 0.3 is 0 Å². The Labute approximate surface area is 46.0 Å². The van der Waals surface area contributed by atoms with Crippen molar-refractivity contribution in [2.75, 3.05) is 28.2 Å². The highest BCUT2D eigenvalue weighted by molar-refractivity contribution is 3.87. The van der Waals surface area contributed by atoms with Gasteiger partial charge in [-0.05, 0) is 0 Å². The molecule has 0 aromatic carbocycles. The number of hydrogen-bond acceptors (Lipinski definition) is 0. The van der Waals surface area contributed by atoms with Gasteiger partial charge in [-0.1, -0.05) is 0 Å². The predicted octanol–water partition coefficient (Wildman–Crippen LogP) is -2.67. The molecule has 0 aliphatic heterocycles. The summed E-state index contributed by atoms with van der Waals surface area (Å²) in [6, 6.07) is 0. The quantitative estimate of drug-likeness (QED) is 0.236. The molecule has 0 spiro atoms. The highest BCUT2D eigenvalue weighted by Crippen LogP contribution is 1.73. The van der Waals surface area contributed by atoms with Gasteiger partial charge in [0.05, 0.1) is 28.2 Å². The minimum absolute atomic E-state index is 0. The zero-order chi connectivity index (χ0) is 4.50. The Bertz CT molecular complexity index is 23.0. The average Bonchev–Trinajstić information content (AvgIpc) is 0.722. The molecule has 1 nitrogen and oxygen atoms in total. The van der Waals surface area contributed by atoms with Crippen LogP contribution in [0.25, 0.3) is 0 Å². The van der Waals surface area contributed by atoms with Crippen molar-refractivity contribution in [3.05, 3.63) is 0 Å². The van der Waals surface area contributed by atoms with Gasteiger partial charge in [0.25, 0.3) is 0 Å². The Balaban J connectivity index is 0. The number of hydrogen-bond donors (Lipinski definition) is 0. The molecule has 0 N–H and O–H groups in total. The first-order valence-electron chi connectivity index (χ1n) is 1.79. The van der Waals surface area contributed by atoms with Gasteiger partial charge in [-0.2, -0.15) is 0 Å². The van der Waals surface area contributed by atoms with E-state index in [2.05, 4.69) is 28.2 Å². The molecule has 0 heterocycles. The summed E-state index contributed by atoms with van der Waals surface area (Å²) in [7, 11) is 8.50. The van der Waals surface area contributed by atoms with Gasteiger partial charge in [0.2, 0.25) is 0 Å². The molecule has 0 rings (SSSR count). The van der Waals surface area contributed by atoms with Crippen molar-refractivity contribution in [2.24, 2.45) is 0 Å². The monoisotopic (exact) mass is 110 g/mol. The van der Waals surface area contributed by atoms with Crippen LogP contribution >= 0.6 is 0 Å². The third kappa shape index (κ3) is 718. The lowest BCUT2D eigenvalue weighted by atomic mass is 11.0. The standard InChI is InChI=1S/C4H12N.ClH/c1-5(2,3)4;/h1-4H3;1H/q+1;/p-1/i5+1;. The van der Waals surface area contributed by atoms with E-state index in [4.69, 9.17) is 0 Å². The fourth-order valence-corrected chi connectivity index (χ4v) is 0. The number of halogens is 1. The van der Waals surface area contributed by atoms with E-state index >= 15 is 0 Å². The molecule has 0 radical (unpaired) electrons. The first-order valence-corrected chi connectivity index (χ1v) is 1.79. The summed E-state index contributed by atoms with van der Waals surface area (Å²) in [6.45, 7) is 0. The molecule has 6 heavy (non-hydrogen) atoms. The molecule has 0 aromatic rings. The molecule has 0 amide bonds. The first-order chi connectivity index (χ1) is 2.00. The third-order valence-electron chi connectivity index (χ3n) is 0. The van der Waals surface area contributed by atoms with Crippen molar-refractivity contribution >= 4 is 0 Å². The molecule has 0 atom stereocenters. The van der Waals surface area contributed by atoms with Crippen LogP contribution in [0, 0.1) is 0 Å². The molecule has 40 valence electrons. The Morgan fingerprint density at radius 2 is 0.833 bits per heavy atom. The molecule has 0 aromatic heterocycles. The summed E-state index contributed by atoms with van der Waals surface area (Å²) >= 11 is 0. The van der Waals surface area contributed by atoms with E-state index in [1.54, 1.807) is 0 Å². The summed E-state index contributed by atoms with van der Waals surface area (Å²) in [5.74, 6) is 0. The molecule has 0 aliphatic rings. The van der Waals surface area contributed by atoms with E-state index in [1.807, 2.05) is 0 Å². The number of nitrogens with zero attached hydrogens (tertiary/aromatic N) is 1. The van der Waals surface area contributed by atoms with Crippen LogP contribution in [0.15, 0.2) is 0 Å². The normalized spacial score (nSPS) is 10.0. The smallest absolute Gasteiger partial charge is 0.0675 e. The summed E-state index contributed by atoms with van der Waals surface area (Å²) in [6.07, 6.45) is 0. The second kappa shape index (κ2) is 2.43. The largest absolute Gasteiger partial charge is 1.00 e. The van der Waals surface area contributed by atoms with E-state index in [0.29, 0.717) is 0 Å². The summed E-state index contributed by atoms with van der Waals surface area (Å²) < 4.78 is 1.00. The third-order valence-corrected chi connectivity index (χ3v) is 0. The zero-order valence-corrected chi connectivity index (χ0v) is 5.58. The van der Waals surface area contributed by atoms with E-state index in [-0.39, 0.29) is 12.4 Å². The van der Waals surface area contributed by atoms with Gasteiger partial charge in [-0.3, -0.25) is 0 Å². The van der Waals surface area contributed by atoms with Crippen molar-refractivity contribution in [3.8, 4) is 0 Å². The fourth-order valence-electron chi connectivity index (χ4n) is 0. The molecular formula is C4H12ClN. The second-order valence-corrected chi connectivity index (χ2v) is 2.68. The molecule has 0 unspecified atom stereocenters. The molecule has 0 saturated carbocycles. The first kappa shape index (κ1) is 9.54. The van der Waals surface area contributed by atoms with Gasteiger partial charge in [-0.25, -0.2) is 0 Å². The SMILES string of the molecule is C[15N+](C)(C)C.[Cl-]. The van der Waals surface area contributed by atoms with Crippen LogP contribution in [0.4, 0.5) is 0 Å². The lowest BCUT2D eigenvalue weighted by Crippen LogP contribution is -3.00. The van der Waals surface area contributed by atoms with Crippen molar-refractivity contribution < 1.29 is 16.9 Å². The molecular weight excluding hydrogens is 98.5 g/mol. The predicted molar refractivity (Wildman–Crippen MR) is 24.0 cm³/mol. The van der Waals surface area contributed by atoms with Crippen LogP contribution in [0.1, 0.15) is 0 Å². The van der Waals surface area contributed by atoms with Crippen molar-refractivity contribution in [3.63, 3.8) is 0 Å². The lowest BCUT2D eigenvalue weighted by molar-refractivity contribution is -0.849. The van der Waals surface area contributed by atoms with Gasteiger partial charge in [-0.15, -0.1) is 0 Å². The van der Waals surface area contributed by atoms with Gasteiger partial charge in [0.1, 0.15) is 0 Å². The lowest BCUT2D eigenvalue weighted by Gasteiger charge is -2.14. The maximum Gasteiger partial charge on any atom is 0.0675 e. The van der Waals surface area contributed by atoms with Gasteiger partial charge in [0, 0.05) is 0 Å². The highest BCUT2D eigenvalue weighted by Gasteiger charge is 1.88. The second-order valence-electron chi connectivity index (χ2n) is 2.68.